The van der Waals surface area contributed by atoms with Crippen molar-refractivity contribution in [2.24, 2.45) is 5.92 Å². The van der Waals surface area contributed by atoms with Gasteiger partial charge < -0.3 is 10.2 Å². The molecule has 4 rings (SSSR count). The number of piperidine rings is 1. The second-order valence-electron chi connectivity index (χ2n) is 7.47. The number of hydrogen-bond donors (Lipinski definition) is 1. The van der Waals surface area contributed by atoms with Crippen LogP contribution in [-0.4, -0.2) is 34.8 Å². The maximum Gasteiger partial charge on any atom is 0.253 e. The number of nitrogens with zero attached hydrogens (tertiary/aromatic N) is 2. The van der Waals surface area contributed by atoms with Crippen molar-refractivity contribution in [2.45, 2.75) is 19.8 Å². The van der Waals surface area contributed by atoms with Gasteiger partial charge in [-0.25, -0.2) is 9.37 Å². The van der Waals surface area contributed by atoms with Gasteiger partial charge in [-0.3, -0.25) is 9.59 Å². The lowest BCUT2D eigenvalue weighted by Gasteiger charge is -2.31. The summed E-state index contributed by atoms with van der Waals surface area (Å²) in [5, 5.41) is 5.44. The number of amides is 2. The molecule has 0 spiro atoms. The van der Waals surface area contributed by atoms with Crippen molar-refractivity contribution >= 4 is 28.3 Å². The van der Waals surface area contributed by atoms with Crippen molar-refractivity contribution in [3.8, 4) is 11.3 Å². The summed E-state index contributed by atoms with van der Waals surface area (Å²) < 4.78 is 13.1. The largest absolute Gasteiger partial charge is 0.339 e. The summed E-state index contributed by atoms with van der Waals surface area (Å²) >= 11 is 1.41. The average Bonchev–Trinajstić information content (AvgIpc) is 3.23. The van der Waals surface area contributed by atoms with Crippen molar-refractivity contribution in [3.63, 3.8) is 0 Å². The fourth-order valence-corrected chi connectivity index (χ4v) is 4.24. The molecule has 0 aliphatic carbocycles. The number of aryl methyl sites for hydroxylation is 1. The number of hydrogen-bond acceptors (Lipinski definition) is 4. The molecule has 1 fully saturated rings. The third-order valence-electron chi connectivity index (χ3n) is 5.33. The van der Waals surface area contributed by atoms with E-state index in [1.54, 1.807) is 4.90 Å². The molecule has 1 saturated heterocycles. The highest BCUT2D eigenvalue weighted by Crippen LogP contribution is 2.27. The van der Waals surface area contributed by atoms with E-state index in [1.165, 1.54) is 41.2 Å². The zero-order valence-corrected chi connectivity index (χ0v) is 17.4. The highest BCUT2D eigenvalue weighted by atomic mass is 32.1. The van der Waals surface area contributed by atoms with E-state index in [9.17, 15) is 14.0 Å². The maximum absolute atomic E-state index is 13.1. The van der Waals surface area contributed by atoms with E-state index in [4.69, 9.17) is 0 Å². The van der Waals surface area contributed by atoms with Gasteiger partial charge in [0.25, 0.3) is 5.91 Å². The van der Waals surface area contributed by atoms with E-state index in [0.717, 1.165) is 11.3 Å². The van der Waals surface area contributed by atoms with Crippen LogP contribution in [0.1, 0.15) is 28.8 Å². The first kappa shape index (κ1) is 20.2. The number of anilines is 1. The molecule has 0 radical (unpaired) electrons. The molecule has 1 aromatic heterocycles. The van der Waals surface area contributed by atoms with Gasteiger partial charge in [0.1, 0.15) is 5.82 Å². The molecule has 2 aromatic carbocycles. The Hall–Kier alpha value is -3.06. The second-order valence-corrected chi connectivity index (χ2v) is 8.32. The van der Waals surface area contributed by atoms with Crippen molar-refractivity contribution in [1.29, 1.82) is 0 Å². The van der Waals surface area contributed by atoms with Crippen LogP contribution in [0, 0.1) is 18.7 Å². The molecule has 0 unspecified atom stereocenters. The van der Waals surface area contributed by atoms with Gasteiger partial charge in [-0.1, -0.05) is 29.8 Å². The van der Waals surface area contributed by atoms with Crippen LogP contribution >= 0.6 is 11.3 Å². The van der Waals surface area contributed by atoms with E-state index in [1.807, 2.05) is 36.6 Å². The van der Waals surface area contributed by atoms with Crippen LogP contribution < -0.4 is 5.32 Å². The van der Waals surface area contributed by atoms with Gasteiger partial charge in [0.05, 0.1) is 5.69 Å². The van der Waals surface area contributed by atoms with Crippen LogP contribution in [0.15, 0.2) is 53.9 Å². The summed E-state index contributed by atoms with van der Waals surface area (Å²) in [6, 6.07) is 13.7. The molecule has 154 valence electrons. The van der Waals surface area contributed by atoms with Gasteiger partial charge in [0, 0.05) is 35.5 Å². The predicted octanol–water partition coefficient (Wildman–Crippen LogP) is 4.75. The smallest absolute Gasteiger partial charge is 0.253 e. The Morgan fingerprint density at radius 2 is 1.73 bits per heavy atom. The summed E-state index contributed by atoms with van der Waals surface area (Å²) in [5.74, 6) is -0.714. The number of benzene rings is 2. The number of thiazole rings is 1. The van der Waals surface area contributed by atoms with Gasteiger partial charge in [-0.2, -0.15) is 0 Å². The van der Waals surface area contributed by atoms with Gasteiger partial charge in [0.2, 0.25) is 5.91 Å². The Balaban J connectivity index is 1.32. The minimum Gasteiger partial charge on any atom is -0.339 e. The molecule has 1 aliphatic rings. The van der Waals surface area contributed by atoms with Crippen LogP contribution in [0.25, 0.3) is 11.3 Å². The van der Waals surface area contributed by atoms with E-state index in [2.05, 4.69) is 10.3 Å². The molecule has 0 atom stereocenters. The van der Waals surface area contributed by atoms with E-state index in [-0.39, 0.29) is 23.5 Å². The molecule has 30 heavy (non-hydrogen) atoms. The summed E-state index contributed by atoms with van der Waals surface area (Å²) in [5.41, 5.74) is 3.51. The number of nitrogens with one attached hydrogen (secondary N) is 1. The zero-order valence-electron chi connectivity index (χ0n) is 16.6. The summed E-state index contributed by atoms with van der Waals surface area (Å²) in [6.07, 6.45) is 1.18. The average molecular weight is 424 g/mol. The summed E-state index contributed by atoms with van der Waals surface area (Å²) in [4.78, 5) is 31.4. The number of halogens is 1. The molecular weight excluding hydrogens is 401 g/mol. The van der Waals surface area contributed by atoms with Gasteiger partial charge in [-0.05, 0) is 44.0 Å². The van der Waals surface area contributed by atoms with Crippen molar-refractivity contribution in [2.75, 3.05) is 18.4 Å². The van der Waals surface area contributed by atoms with Crippen molar-refractivity contribution in [1.82, 2.24) is 9.88 Å². The lowest BCUT2D eigenvalue weighted by atomic mass is 9.95. The SMILES string of the molecule is Cc1ccc(-c2csc(NC(=O)C3CCN(C(=O)c4ccc(F)cc4)CC3)n2)cc1. The first-order chi connectivity index (χ1) is 14.5. The molecule has 7 heteroatoms. The molecule has 1 aliphatic heterocycles. The van der Waals surface area contributed by atoms with Crippen LogP contribution in [0.2, 0.25) is 0 Å². The van der Waals surface area contributed by atoms with Crippen LogP contribution in [0.5, 0.6) is 0 Å². The summed E-state index contributed by atoms with van der Waals surface area (Å²) in [6.45, 7) is 3.04. The molecular formula is C23H22FN3O2S. The first-order valence-corrected chi connectivity index (χ1v) is 10.8. The molecule has 0 saturated carbocycles. The van der Waals surface area contributed by atoms with Crippen molar-refractivity contribution < 1.29 is 14.0 Å². The number of aromatic nitrogens is 1. The van der Waals surface area contributed by atoms with E-state index >= 15 is 0 Å². The fraction of sp³-hybridized carbons (Fsp3) is 0.261. The minimum absolute atomic E-state index is 0.0614. The van der Waals surface area contributed by atoms with Crippen LogP contribution in [0.4, 0.5) is 9.52 Å². The first-order valence-electron chi connectivity index (χ1n) is 9.88. The Kier molecular flexibility index (Phi) is 5.90. The van der Waals surface area contributed by atoms with Crippen LogP contribution in [0.3, 0.4) is 0 Å². The molecule has 1 N–H and O–H groups in total. The number of rotatable bonds is 4. The molecule has 5 nitrogen and oxygen atoms in total. The Bertz CT molecular complexity index is 1040. The third-order valence-corrected chi connectivity index (χ3v) is 6.08. The van der Waals surface area contributed by atoms with E-state index in [0.29, 0.717) is 36.6 Å². The minimum atomic E-state index is -0.366. The predicted molar refractivity (Wildman–Crippen MR) is 116 cm³/mol. The molecule has 3 aromatic rings. The normalized spacial score (nSPS) is 14.5. The van der Waals surface area contributed by atoms with Gasteiger partial charge >= 0.3 is 0 Å². The lowest BCUT2D eigenvalue weighted by molar-refractivity contribution is -0.121. The maximum atomic E-state index is 13.1. The number of likely N-dealkylation sites (tertiary alicyclic amines) is 1. The lowest BCUT2D eigenvalue weighted by Crippen LogP contribution is -2.41. The molecule has 2 heterocycles. The highest BCUT2D eigenvalue weighted by Gasteiger charge is 2.28. The quantitative estimate of drug-likeness (QED) is 0.659. The Morgan fingerprint density at radius 1 is 1.07 bits per heavy atom. The van der Waals surface area contributed by atoms with Gasteiger partial charge in [-0.15, -0.1) is 11.3 Å². The third kappa shape index (κ3) is 4.57. The van der Waals surface area contributed by atoms with E-state index < -0.39 is 0 Å². The van der Waals surface area contributed by atoms with Gasteiger partial charge in [0.15, 0.2) is 5.13 Å². The van der Waals surface area contributed by atoms with Crippen molar-refractivity contribution in [3.05, 3.63) is 70.9 Å². The monoisotopic (exact) mass is 423 g/mol. The zero-order chi connectivity index (χ0) is 21.1. The Morgan fingerprint density at radius 3 is 2.40 bits per heavy atom. The molecule has 0 bridgehead atoms. The number of carbonyl (C=O) groups is 2. The second kappa shape index (κ2) is 8.75. The fourth-order valence-electron chi connectivity index (χ4n) is 3.52. The standard InChI is InChI=1S/C23H22FN3O2S/c1-15-2-4-16(5-3-15)20-14-30-23(25-20)26-21(28)17-10-12-27(13-11-17)22(29)18-6-8-19(24)9-7-18/h2-9,14,17H,10-13H2,1H3,(H,25,26,28). The highest BCUT2D eigenvalue weighted by molar-refractivity contribution is 7.14. The Labute approximate surface area is 178 Å². The number of carbonyl (C=O) groups excluding carboxylic acids is 2. The van der Waals surface area contributed by atoms with Crippen LogP contribution in [-0.2, 0) is 4.79 Å². The topological polar surface area (TPSA) is 62.3 Å². The molecule has 2 amide bonds. The summed E-state index contributed by atoms with van der Waals surface area (Å²) in [7, 11) is 0.